The SMILES string of the molecule is O=C(O)C1CN(C2CCSc3ccccc32)CCO1. The van der Waals surface area contributed by atoms with E-state index in [0.717, 1.165) is 18.7 Å². The minimum atomic E-state index is -0.858. The zero-order chi connectivity index (χ0) is 13.2. The summed E-state index contributed by atoms with van der Waals surface area (Å²) in [5.41, 5.74) is 1.34. The first-order valence-corrected chi connectivity index (χ1v) is 7.54. The van der Waals surface area contributed by atoms with Crippen molar-refractivity contribution < 1.29 is 14.6 Å². The molecule has 0 spiro atoms. The van der Waals surface area contributed by atoms with Gasteiger partial charge in [0.1, 0.15) is 0 Å². The molecule has 19 heavy (non-hydrogen) atoms. The van der Waals surface area contributed by atoms with Crippen LogP contribution in [0.15, 0.2) is 29.2 Å². The number of hydrogen-bond acceptors (Lipinski definition) is 4. The molecule has 1 aromatic rings. The summed E-state index contributed by atoms with van der Waals surface area (Å²) in [7, 11) is 0. The highest BCUT2D eigenvalue weighted by atomic mass is 32.2. The number of fused-ring (bicyclic) bond motifs is 1. The molecule has 0 aromatic heterocycles. The normalized spacial score (nSPS) is 27.8. The zero-order valence-electron chi connectivity index (χ0n) is 10.6. The second-order valence-corrected chi connectivity index (χ2v) is 6.02. The van der Waals surface area contributed by atoms with Crippen molar-refractivity contribution in [1.82, 2.24) is 4.90 Å². The third-order valence-electron chi connectivity index (χ3n) is 3.74. The van der Waals surface area contributed by atoms with Gasteiger partial charge in [-0.25, -0.2) is 4.79 Å². The molecule has 2 unspecified atom stereocenters. The van der Waals surface area contributed by atoms with Crippen LogP contribution in [-0.2, 0) is 9.53 Å². The number of carboxylic acid groups (broad SMARTS) is 1. The average molecular weight is 279 g/mol. The number of carboxylic acids is 1. The van der Waals surface area contributed by atoms with E-state index in [1.54, 1.807) is 0 Å². The summed E-state index contributed by atoms with van der Waals surface area (Å²) in [5, 5.41) is 9.09. The lowest BCUT2D eigenvalue weighted by Gasteiger charge is -2.39. The number of carbonyl (C=O) groups is 1. The summed E-state index contributed by atoms with van der Waals surface area (Å²) in [6.07, 6.45) is 0.393. The Morgan fingerprint density at radius 1 is 1.42 bits per heavy atom. The van der Waals surface area contributed by atoms with Crippen LogP contribution < -0.4 is 0 Å². The molecule has 3 rings (SSSR count). The molecule has 0 radical (unpaired) electrons. The molecule has 5 heteroatoms. The van der Waals surface area contributed by atoms with E-state index in [2.05, 4.69) is 29.2 Å². The molecule has 1 saturated heterocycles. The van der Waals surface area contributed by atoms with Gasteiger partial charge in [-0.3, -0.25) is 4.90 Å². The zero-order valence-corrected chi connectivity index (χ0v) is 11.4. The minimum absolute atomic E-state index is 0.336. The fourth-order valence-corrected chi connectivity index (χ4v) is 3.91. The predicted octanol–water partition coefficient (Wildman–Crippen LogP) is 2.01. The number of benzene rings is 1. The Hall–Kier alpha value is -1.04. The predicted molar refractivity (Wildman–Crippen MR) is 73.5 cm³/mol. The van der Waals surface area contributed by atoms with E-state index in [1.165, 1.54) is 10.5 Å². The van der Waals surface area contributed by atoms with Gasteiger partial charge in [-0.05, 0) is 23.8 Å². The van der Waals surface area contributed by atoms with Gasteiger partial charge in [-0.15, -0.1) is 11.8 Å². The van der Waals surface area contributed by atoms with E-state index in [4.69, 9.17) is 9.84 Å². The van der Waals surface area contributed by atoms with Crippen LogP contribution in [0.4, 0.5) is 0 Å². The van der Waals surface area contributed by atoms with E-state index in [0.29, 0.717) is 19.2 Å². The fourth-order valence-electron chi connectivity index (χ4n) is 2.80. The summed E-state index contributed by atoms with van der Waals surface area (Å²) in [6, 6.07) is 8.78. The molecule has 1 fully saturated rings. The van der Waals surface area contributed by atoms with E-state index in [9.17, 15) is 4.79 Å². The van der Waals surface area contributed by atoms with Crippen LogP contribution in [0.1, 0.15) is 18.0 Å². The highest BCUT2D eigenvalue weighted by Crippen LogP contribution is 2.39. The lowest BCUT2D eigenvalue weighted by atomic mass is 10.0. The van der Waals surface area contributed by atoms with Gasteiger partial charge in [0.2, 0.25) is 0 Å². The van der Waals surface area contributed by atoms with Crippen molar-refractivity contribution in [3.8, 4) is 0 Å². The van der Waals surface area contributed by atoms with E-state index < -0.39 is 12.1 Å². The van der Waals surface area contributed by atoms with E-state index >= 15 is 0 Å². The second-order valence-electron chi connectivity index (χ2n) is 4.88. The molecule has 0 aliphatic carbocycles. The van der Waals surface area contributed by atoms with Crippen LogP contribution in [0.3, 0.4) is 0 Å². The molecule has 4 nitrogen and oxygen atoms in total. The molecule has 1 aromatic carbocycles. The quantitative estimate of drug-likeness (QED) is 0.897. The minimum Gasteiger partial charge on any atom is -0.479 e. The molecule has 0 saturated carbocycles. The maximum Gasteiger partial charge on any atom is 0.334 e. The van der Waals surface area contributed by atoms with Gasteiger partial charge in [-0.2, -0.15) is 0 Å². The summed E-state index contributed by atoms with van der Waals surface area (Å²) in [6.45, 7) is 1.80. The number of aliphatic carboxylic acids is 1. The van der Waals surface area contributed by atoms with Crippen molar-refractivity contribution in [3.05, 3.63) is 29.8 Å². The maximum absolute atomic E-state index is 11.1. The van der Waals surface area contributed by atoms with Gasteiger partial charge >= 0.3 is 5.97 Å². The average Bonchev–Trinajstić information content (AvgIpc) is 2.47. The Labute approximate surface area is 116 Å². The number of thioether (sulfide) groups is 1. The number of nitrogens with zero attached hydrogens (tertiary/aromatic N) is 1. The Kier molecular flexibility index (Phi) is 3.77. The molecule has 102 valence electrons. The van der Waals surface area contributed by atoms with Gasteiger partial charge in [0.05, 0.1) is 6.61 Å². The van der Waals surface area contributed by atoms with Crippen molar-refractivity contribution in [2.75, 3.05) is 25.4 Å². The van der Waals surface area contributed by atoms with Crippen LogP contribution in [0.5, 0.6) is 0 Å². The fraction of sp³-hybridized carbons (Fsp3) is 0.500. The first-order chi connectivity index (χ1) is 9.25. The number of rotatable bonds is 2. The van der Waals surface area contributed by atoms with Crippen molar-refractivity contribution in [1.29, 1.82) is 0 Å². The maximum atomic E-state index is 11.1. The van der Waals surface area contributed by atoms with Crippen LogP contribution in [0.25, 0.3) is 0 Å². The van der Waals surface area contributed by atoms with Gasteiger partial charge in [0.25, 0.3) is 0 Å². The lowest BCUT2D eigenvalue weighted by molar-refractivity contribution is -0.157. The molecule has 2 heterocycles. The molecule has 0 bridgehead atoms. The summed E-state index contributed by atoms with van der Waals surface area (Å²) in [5.74, 6) is 0.236. The summed E-state index contributed by atoms with van der Waals surface area (Å²) < 4.78 is 5.30. The smallest absolute Gasteiger partial charge is 0.334 e. The standard InChI is InChI=1S/C14H17NO3S/c16-14(17)12-9-15(6-7-18-12)11-5-8-19-13-4-2-1-3-10(11)13/h1-4,11-12H,5-9H2,(H,16,17). The van der Waals surface area contributed by atoms with Crippen molar-refractivity contribution in [3.63, 3.8) is 0 Å². The second kappa shape index (κ2) is 5.53. The van der Waals surface area contributed by atoms with Crippen molar-refractivity contribution in [2.24, 2.45) is 0 Å². The number of morpholine rings is 1. The Morgan fingerprint density at radius 3 is 3.11 bits per heavy atom. The topological polar surface area (TPSA) is 49.8 Å². The van der Waals surface area contributed by atoms with Crippen molar-refractivity contribution >= 4 is 17.7 Å². The first-order valence-electron chi connectivity index (χ1n) is 6.56. The van der Waals surface area contributed by atoms with E-state index in [1.807, 2.05) is 11.8 Å². The number of ether oxygens (including phenoxy) is 1. The highest BCUT2D eigenvalue weighted by molar-refractivity contribution is 7.99. The molecular weight excluding hydrogens is 262 g/mol. The number of hydrogen-bond donors (Lipinski definition) is 1. The first kappa shape index (κ1) is 13.0. The van der Waals surface area contributed by atoms with Gasteiger partial charge in [0.15, 0.2) is 6.10 Å². The van der Waals surface area contributed by atoms with Gasteiger partial charge in [0, 0.05) is 24.0 Å². The van der Waals surface area contributed by atoms with Crippen LogP contribution in [-0.4, -0.2) is 47.5 Å². The third kappa shape index (κ3) is 2.63. The monoisotopic (exact) mass is 279 g/mol. The highest BCUT2D eigenvalue weighted by Gasteiger charge is 2.33. The van der Waals surface area contributed by atoms with Gasteiger partial charge < -0.3 is 9.84 Å². The Morgan fingerprint density at radius 2 is 2.26 bits per heavy atom. The summed E-state index contributed by atoms with van der Waals surface area (Å²) in [4.78, 5) is 14.7. The Balaban J connectivity index is 1.81. The Bertz CT molecular complexity index is 480. The van der Waals surface area contributed by atoms with Crippen LogP contribution >= 0.6 is 11.8 Å². The third-order valence-corrected chi connectivity index (χ3v) is 4.86. The molecular formula is C14H17NO3S. The molecule has 1 N–H and O–H groups in total. The molecule has 2 atom stereocenters. The molecule has 0 amide bonds. The summed E-state index contributed by atoms with van der Waals surface area (Å²) >= 11 is 1.89. The molecule has 2 aliphatic rings. The van der Waals surface area contributed by atoms with Crippen LogP contribution in [0, 0.1) is 0 Å². The van der Waals surface area contributed by atoms with Crippen LogP contribution in [0.2, 0.25) is 0 Å². The van der Waals surface area contributed by atoms with E-state index in [-0.39, 0.29) is 0 Å². The van der Waals surface area contributed by atoms with Gasteiger partial charge in [-0.1, -0.05) is 18.2 Å². The largest absolute Gasteiger partial charge is 0.479 e. The lowest BCUT2D eigenvalue weighted by Crippen LogP contribution is -2.47. The molecule has 2 aliphatic heterocycles. The van der Waals surface area contributed by atoms with Crippen molar-refractivity contribution in [2.45, 2.75) is 23.5 Å².